The van der Waals surface area contributed by atoms with Crippen LogP contribution in [0, 0.1) is 6.92 Å². The molecule has 11 heavy (non-hydrogen) atoms. The number of hydrogen-bond acceptors (Lipinski definition) is 4. The van der Waals surface area contributed by atoms with Crippen LogP contribution in [0.4, 0.5) is 0 Å². The van der Waals surface area contributed by atoms with Crippen LogP contribution in [-0.4, -0.2) is 24.4 Å². The van der Waals surface area contributed by atoms with Crippen LogP contribution in [0.25, 0.3) is 0 Å². The van der Waals surface area contributed by atoms with E-state index in [-0.39, 0.29) is 0 Å². The summed E-state index contributed by atoms with van der Waals surface area (Å²) in [5, 5.41) is 7.50. The maximum Gasteiger partial charge on any atom is 0.236 e. The molecule has 0 aromatic carbocycles. The van der Waals surface area contributed by atoms with Crippen molar-refractivity contribution in [3.8, 4) is 11.8 Å². The van der Waals surface area contributed by atoms with Crippen molar-refractivity contribution in [1.29, 1.82) is 0 Å². The van der Waals surface area contributed by atoms with Crippen molar-refractivity contribution in [1.82, 2.24) is 10.2 Å². The number of aryl methyl sites for hydroxylation is 1. The molecule has 0 aliphatic carbocycles. The SMILES string of the molecule is COc1cc(C)c(OC)nn1. The molecule has 0 spiro atoms. The molecule has 0 radical (unpaired) electrons. The summed E-state index contributed by atoms with van der Waals surface area (Å²) in [4.78, 5) is 0. The van der Waals surface area contributed by atoms with E-state index in [1.165, 1.54) is 0 Å². The van der Waals surface area contributed by atoms with Crippen LogP contribution < -0.4 is 9.47 Å². The Labute approximate surface area is 65.2 Å². The number of hydrogen-bond donors (Lipinski definition) is 0. The van der Waals surface area contributed by atoms with Gasteiger partial charge >= 0.3 is 0 Å². The molecule has 1 rings (SSSR count). The van der Waals surface area contributed by atoms with Crippen LogP contribution >= 0.6 is 0 Å². The fraction of sp³-hybridized carbons (Fsp3) is 0.429. The normalized spacial score (nSPS) is 9.36. The second-order valence-corrected chi connectivity index (χ2v) is 2.08. The molecule has 0 atom stereocenters. The highest BCUT2D eigenvalue weighted by Crippen LogP contribution is 2.15. The molecule has 0 unspecified atom stereocenters. The number of ether oxygens (including phenoxy) is 2. The fourth-order valence-electron chi connectivity index (χ4n) is 0.751. The van der Waals surface area contributed by atoms with E-state index >= 15 is 0 Å². The number of rotatable bonds is 2. The van der Waals surface area contributed by atoms with E-state index in [0.29, 0.717) is 11.8 Å². The Balaban J connectivity index is 2.99. The molecule has 0 saturated carbocycles. The molecule has 1 aromatic heterocycles. The first kappa shape index (κ1) is 7.78. The summed E-state index contributed by atoms with van der Waals surface area (Å²) in [6.45, 7) is 1.88. The lowest BCUT2D eigenvalue weighted by atomic mass is 10.3. The second kappa shape index (κ2) is 3.18. The average Bonchev–Trinajstić information content (AvgIpc) is 2.04. The van der Waals surface area contributed by atoms with Crippen molar-refractivity contribution >= 4 is 0 Å². The molecule has 0 aliphatic heterocycles. The average molecular weight is 154 g/mol. The quantitative estimate of drug-likeness (QED) is 0.632. The minimum Gasteiger partial charge on any atom is -0.480 e. The van der Waals surface area contributed by atoms with Crippen molar-refractivity contribution in [2.45, 2.75) is 6.92 Å². The van der Waals surface area contributed by atoms with Crippen molar-refractivity contribution in [3.05, 3.63) is 11.6 Å². The van der Waals surface area contributed by atoms with Crippen LogP contribution in [0.2, 0.25) is 0 Å². The van der Waals surface area contributed by atoms with Gasteiger partial charge in [-0.1, -0.05) is 0 Å². The van der Waals surface area contributed by atoms with E-state index in [4.69, 9.17) is 9.47 Å². The van der Waals surface area contributed by atoms with Gasteiger partial charge in [0.25, 0.3) is 0 Å². The molecular weight excluding hydrogens is 144 g/mol. The van der Waals surface area contributed by atoms with Gasteiger partial charge < -0.3 is 9.47 Å². The van der Waals surface area contributed by atoms with E-state index < -0.39 is 0 Å². The lowest BCUT2D eigenvalue weighted by Gasteiger charge is -2.02. The first-order valence-corrected chi connectivity index (χ1v) is 3.20. The van der Waals surface area contributed by atoms with Gasteiger partial charge in [0.1, 0.15) is 0 Å². The summed E-state index contributed by atoms with van der Waals surface area (Å²) in [5.74, 6) is 1.04. The summed E-state index contributed by atoms with van der Waals surface area (Å²) in [6, 6.07) is 1.77. The summed E-state index contributed by atoms with van der Waals surface area (Å²) in [6.07, 6.45) is 0. The van der Waals surface area contributed by atoms with Crippen LogP contribution in [-0.2, 0) is 0 Å². The van der Waals surface area contributed by atoms with E-state index in [1.54, 1.807) is 20.3 Å². The van der Waals surface area contributed by atoms with Crippen molar-refractivity contribution in [3.63, 3.8) is 0 Å². The summed E-state index contributed by atoms with van der Waals surface area (Å²) < 4.78 is 9.78. The van der Waals surface area contributed by atoms with Crippen LogP contribution in [0.3, 0.4) is 0 Å². The number of aromatic nitrogens is 2. The zero-order valence-electron chi connectivity index (χ0n) is 6.79. The summed E-state index contributed by atoms with van der Waals surface area (Å²) >= 11 is 0. The van der Waals surface area contributed by atoms with E-state index in [9.17, 15) is 0 Å². The van der Waals surface area contributed by atoms with Crippen molar-refractivity contribution < 1.29 is 9.47 Å². The van der Waals surface area contributed by atoms with Crippen molar-refractivity contribution in [2.24, 2.45) is 0 Å². The van der Waals surface area contributed by atoms with Crippen molar-refractivity contribution in [2.75, 3.05) is 14.2 Å². The highest BCUT2D eigenvalue weighted by Gasteiger charge is 2.01. The first-order valence-electron chi connectivity index (χ1n) is 3.20. The summed E-state index contributed by atoms with van der Waals surface area (Å²) in [7, 11) is 3.11. The Morgan fingerprint density at radius 3 is 2.36 bits per heavy atom. The minimum atomic E-state index is 0.503. The summed E-state index contributed by atoms with van der Waals surface area (Å²) in [5.41, 5.74) is 0.916. The monoisotopic (exact) mass is 154 g/mol. The topological polar surface area (TPSA) is 44.2 Å². The number of methoxy groups -OCH3 is 2. The molecule has 0 N–H and O–H groups in total. The Morgan fingerprint density at radius 2 is 1.91 bits per heavy atom. The maximum absolute atomic E-state index is 4.92. The van der Waals surface area contributed by atoms with Gasteiger partial charge in [-0.2, -0.15) is 0 Å². The van der Waals surface area contributed by atoms with Crippen LogP contribution in [0.15, 0.2) is 6.07 Å². The lowest BCUT2D eigenvalue weighted by molar-refractivity contribution is 0.364. The standard InChI is InChI=1S/C7H10N2O2/c1-5-4-6(10-2)8-9-7(5)11-3/h4H,1-3H3. The predicted octanol–water partition coefficient (Wildman–Crippen LogP) is 0.802. The highest BCUT2D eigenvalue weighted by molar-refractivity contribution is 5.26. The Kier molecular flexibility index (Phi) is 2.25. The molecule has 4 nitrogen and oxygen atoms in total. The molecule has 60 valence electrons. The van der Waals surface area contributed by atoms with Gasteiger partial charge in [0.2, 0.25) is 11.8 Å². The van der Waals surface area contributed by atoms with Gasteiger partial charge in [-0.05, 0) is 6.92 Å². The van der Waals surface area contributed by atoms with E-state index in [2.05, 4.69) is 10.2 Å². The lowest BCUT2D eigenvalue weighted by Crippen LogP contribution is -1.96. The molecule has 0 aliphatic rings. The molecule has 0 amide bonds. The van der Waals surface area contributed by atoms with Gasteiger partial charge in [0, 0.05) is 11.6 Å². The molecule has 1 heterocycles. The highest BCUT2D eigenvalue weighted by atomic mass is 16.5. The third kappa shape index (κ3) is 1.58. The minimum absolute atomic E-state index is 0.503. The molecule has 0 bridgehead atoms. The predicted molar refractivity (Wildman–Crippen MR) is 39.9 cm³/mol. The largest absolute Gasteiger partial charge is 0.480 e. The molecule has 0 saturated heterocycles. The third-order valence-corrected chi connectivity index (χ3v) is 1.32. The maximum atomic E-state index is 4.92. The Hall–Kier alpha value is -1.32. The zero-order chi connectivity index (χ0) is 8.27. The Bertz CT molecular complexity index is 250. The zero-order valence-corrected chi connectivity index (χ0v) is 6.79. The first-order chi connectivity index (χ1) is 5.27. The van der Waals surface area contributed by atoms with E-state index in [1.807, 2.05) is 6.92 Å². The van der Waals surface area contributed by atoms with Crippen LogP contribution in [0.1, 0.15) is 5.56 Å². The number of nitrogens with zero attached hydrogens (tertiary/aromatic N) is 2. The molecular formula is C7H10N2O2. The fourth-order valence-corrected chi connectivity index (χ4v) is 0.751. The van der Waals surface area contributed by atoms with Gasteiger partial charge in [-0.15, -0.1) is 10.2 Å². The smallest absolute Gasteiger partial charge is 0.236 e. The van der Waals surface area contributed by atoms with Gasteiger partial charge in [0.15, 0.2) is 0 Å². The van der Waals surface area contributed by atoms with E-state index in [0.717, 1.165) is 5.56 Å². The van der Waals surface area contributed by atoms with Crippen LogP contribution in [0.5, 0.6) is 11.8 Å². The van der Waals surface area contributed by atoms with Gasteiger partial charge in [-0.25, -0.2) is 0 Å². The molecule has 4 heteroatoms. The van der Waals surface area contributed by atoms with Gasteiger partial charge in [0.05, 0.1) is 14.2 Å². The Morgan fingerprint density at radius 1 is 1.18 bits per heavy atom. The molecule has 1 aromatic rings. The second-order valence-electron chi connectivity index (χ2n) is 2.08. The van der Waals surface area contributed by atoms with Gasteiger partial charge in [-0.3, -0.25) is 0 Å². The third-order valence-electron chi connectivity index (χ3n) is 1.32. The molecule has 0 fully saturated rings.